The monoisotopic (exact) mass is 379 g/mol. The van der Waals surface area contributed by atoms with Gasteiger partial charge in [-0.05, 0) is 33.3 Å². The molecule has 3 aromatic rings. The summed E-state index contributed by atoms with van der Waals surface area (Å²) in [5.74, 6) is -0.139. The van der Waals surface area contributed by atoms with Gasteiger partial charge in [-0.15, -0.1) is 11.3 Å². The van der Waals surface area contributed by atoms with E-state index in [1.54, 1.807) is 0 Å². The number of thiophene rings is 1. The first-order chi connectivity index (χ1) is 12.6. The molecule has 3 rings (SSSR count). The van der Waals surface area contributed by atoms with Crippen LogP contribution in [0.1, 0.15) is 41.6 Å². The Morgan fingerprint density at radius 1 is 1.22 bits per heavy atom. The van der Waals surface area contributed by atoms with Crippen molar-refractivity contribution in [2.75, 3.05) is 11.5 Å². The van der Waals surface area contributed by atoms with Crippen molar-refractivity contribution in [1.29, 1.82) is 5.26 Å². The summed E-state index contributed by atoms with van der Waals surface area (Å²) in [7, 11) is 0. The molecule has 27 heavy (non-hydrogen) atoms. The SMILES string of the molecule is Cc1ccc(-c2c(C#N)c(N)nc3sc(C(=O)NC(C)(C)C)c(N)c23)cc1. The molecule has 0 saturated carbocycles. The number of aromatic nitrogens is 1. The van der Waals surface area contributed by atoms with Crippen molar-refractivity contribution >= 4 is 39.0 Å². The number of hydrogen-bond donors (Lipinski definition) is 3. The Morgan fingerprint density at radius 3 is 2.41 bits per heavy atom. The van der Waals surface area contributed by atoms with Gasteiger partial charge in [0, 0.05) is 16.5 Å². The third-order valence-electron chi connectivity index (χ3n) is 4.05. The maximum Gasteiger partial charge on any atom is 0.263 e. The molecule has 0 aliphatic heterocycles. The summed E-state index contributed by atoms with van der Waals surface area (Å²) in [5.41, 5.74) is 15.1. The molecule has 1 aromatic carbocycles. The maximum absolute atomic E-state index is 12.7. The number of anilines is 2. The number of amides is 1. The number of hydrogen-bond acceptors (Lipinski definition) is 6. The van der Waals surface area contributed by atoms with Gasteiger partial charge in [0.1, 0.15) is 27.2 Å². The van der Waals surface area contributed by atoms with Crippen LogP contribution in [0.15, 0.2) is 24.3 Å². The van der Waals surface area contributed by atoms with Gasteiger partial charge in [0.15, 0.2) is 0 Å². The Morgan fingerprint density at radius 2 is 1.85 bits per heavy atom. The van der Waals surface area contributed by atoms with Crippen molar-refractivity contribution in [2.45, 2.75) is 33.2 Å². The van der Waals surface area contributed by atoms with Crippen LogP contribution < -0.4 is 16.8 Å². The van der Waals surface area contributed by atoms with E-state index in [0.717, 1.165) is 11.1 Å². The molecule has 0 atom stereocenters. The topological polar surface area (TPSA) is 118 Å². The largest absolute Gasteiger partial charge is 0.397 e. The van der Waals surface area contributed by atoms with Crippen LogP contribution in [-0.2, 0) is 0 Å². The van der Waals surface area contributed by atoms with Gasteiger partial charge in [-0.1, -0.05) is 29.8 Å². The lowest BCUT2D eigenvalue weighted by Crippen LogP contribution is -2.40. The van der Waals surface area contributed by atoms with Crippen LogP contribution in [0.4, 0.5) is 11.5 Å². The predicted octanol–water partition coefficient (Wildman–Crippen LogP) is 3.84. The molecule has 0 fully saturated rings. The number of carbonyl (C=O) groups is 1. The summed E-state index contributed by atoms with van der Waals surface area (Å²) in [6.45, 7) is 7.68. The molecule has 0 aliphatic carbocycles. The fraction of sp³-hybridized carbons (Fsp3) is 0.250. The minimum Gasteiger partial charge on any atom is -0.397 e. The van der Waals surface area contributed by atoms with Crippen LogP contribution in [0.5, 0.6) is 0 Å². The Kier molecular flexibility index (Phi) is 4.54. The number of benzene rings is 1. The first-order valence-corrected chi connectivity index (χ1v) is 9.25. The lowest BCUT2D eigenvalue weighted by Gasteiger charge is -2.20. The maximum atomic E-state index is 12.7. The Labute approximate surface area is 161 Å². The second kappa shape index (κ2) is 6.56. The van der Waals surface area contributed by atoms with Crippen LogP contribution in [-0.4, -0.2) is 16.4 Å². The zero-order chi connectivity index (χ0) is 19.9. The summed E-state index contributed by atoms with van der Waals surface area (Å²) in [5, 5.41) is 13.2. The van der Waals surface area contributed by atoms with Gasteiger partial charge in [0.25, 0.3) is 5.91 Å². The molecular formula is C20H21N5OS. The van der Waals surface area contributed by atoms with Gasteiger partial charge in [0.05, 0.1) is 5.69 Å². The minimum atomic E-state index is -0.399. The number of nitriles is 1. The molecule has 2 aromatic heterocycles. The van der Waals surface area contributed by atoms with Gasteiger partial charge in [0.2, 0.25) is 0 Å². The van der Waals surface area contributed by atoms with Crippen molar-refractivity contribution in [1.82, 2.24) is 10.3 Å². The Bertz CT molecular complexity index is 1080. The molecule has 138 valence electrons. The van der Waals surface area contributed by atoms with Gasteiger partial charge in [-0.3, -0.25) is 4.79 Å². The van der Waals surface area contributed by atoms with E-state index in [0.29, 0.717) is 26.3 Å². The Balaban J connectivity index is 2.32. The van der Waals surface area contributed by atoms with Crippen LogP contribution in [0.25, 0.3) is 21.3 Å². The van der Waals surface area contributed by atoms with E-state index < -0.39 is 5.54 Å². The molecule has 0 aliphatic rings. The van der Waals surface area contributed by atoms with Crippen molar-refractivity contribution in [2.24, 2.45) is 0 Å². The number of rotatable bonds is 2. The summed E-state index contributed by atoms with van der Waals surface area (Å²) in [4.78, 5) is 17.9. The van der Waals surface area contributed by atoms with Crippen molar-refractivity contribution < 1.29 is 4.79 Å². The van der Waals surface area contributed by atoms with Crippen LogP contribution in [0, 0.1) is 18.3 Å². The quantitative estimate of drug-likeness (QED) is 0.625. The van der Waals surface area contributed by atoms with E-state index in [4.69, 9.17) is 11.5 Å². The van der Waals surface area contributed by atoms with Crippen molar-refractivity contribution in [3.63, 3.8) is 0 Å². The second-order valence-corrected chi connectivity index (χ2v) is 8.45. The zero-order valence-corrected chi connectivity index (χ0v) is 16.5. The van der Waals surface area contributed by atoms with Crippen LogP contribution in [0.3, 0.4) is 0 Å². The van der Waals surface area contributed by atoms with Crippen molar-refractivity contribution in [3.8, 4) is 17.2 Å². The summed E-state index contributed by atoms with van der Waals surface area (Å²) in [6, 6.07) is 9.87. The van der Waals surface area contributed by atoms with E-state index >= 15 is 0 Å². The van der Waals surface area contributed by atoms with Crippen molar-refractivity contribution in [3.05, 3.63) is 40.3 Å². The highest BCUT2D eigenvalue weighted by Crippen LogP contribution is 2.42. The third-order valence-corrected chi connectivity index (χ3v) is 5.15. The number of nitrogen functional groups attached to an aromatic ring is 2. The summed E-state index contributed by atoms with van der Waals surface area (Å²) in [6.07, 6.45) is 0. The van der Waals surface area contributed by atoms with Gasteiger partial charge in [-0.2, -0.15) is 5.26 Å². The average Bonchev–Trinajstić information content (AvgIpc) is 2.89. The van der Waals surface area contributed by atoms with E-state index in [1.165, 1.54) is 11.3 Å². The molecule has 7 heteroatoms. The second-order valence-electron chi connectivity index (χ2n) is 7.45. The summed E-state index contributed by atoms with van der Waals surface area (Å²) < 4.78 is 0. The average molecular weight is 379 g/mol. The van der Waals surface area contributed by atoms with Gasteiger partial charge in [-0.25, -0.2) is 4.98 Å². The lowest BCUT2D eigenvalue weighted by molar-refractivity contribution is 0.0924. The predicted molar refractivity (Wildman–Crippen MR) is 111 cm³/mol. The first-order valence-electron chi connectivity index (χ1n) is 8.43. The number of pyridine rings is 1. The molecule has 0 bridgehead atoms. The zero-order valence-electron chi connectivity index (χ0n) is 15.7. The van der Waals surface area contributed by atoms with Crippen LogP contribution in [0.2, 0.25) is 0 Å². The molecule has 6 nitrogen and oxygen atoms in total. The molecule has 0 spiro atoms. The fourth-order valence-corrected chi connectivity index (χ4v) is 3.87. The smallest absolute Gasteiger partial charge is 0.263 e. The van der Waals surface area contributed by atoms with Crippen LogP contribution >= 0.6 is 11.3 Å². The molecule has 1 amide bonds. The molecule has 0 saturated heterocycles. The normalized spacial score (nSPS) is 11.4. The fourth-order valence-electron chi connectivity index (χ4n) is 2.86. The summed E-state index contributed by atoms with van der Waals surface area (Å²) >= 11 is 1.18. The molecule has 5 N–H and O–H groups in total. The number of fused-ring (bicyclic) bond motifs is 1. The van der Waals surface area contributed by atoms with Gasteiger partial charge >= 0.3 is 0 Å². The number of aryl methyl sites for hydroxylation is 1. The number of nitrogens with zero attached hydrogens (tertiary/aromatic N) is 2. The standard InChI is InChI=1S/C20H21N5OS/c1-10-5-7-11(8-6-10)13-12(9-21)17(23)24-19-14(13)15(22)16(27-19)18(26)25-20(2,3)4/h5-8H,22H2,1-4H3,(H2,23,24)(H,25,26). The number of nitrogens with one attached hydrogen (secondary N) is 1. The number of carbonyl (C=O) groups excluding carboxylic acids is 1. The highest BCUT2D eigenvalue weighted by molar-refractivity contribution is 7.21. The highest BCUT2D eigenvalue weighted by atomic mass is 32.1. The first kappa shape index (κ1) is 18.7. The molecular weight excluding hydrogens is 358 g/mol. The van der Waals surface area contributed by atoms with E-state index in [9.17, 15) is 10.1 Å². The molecule has 0 radical (unpaired) electrons. The lowest BCUT2D eigenvalue weighted by atomic mass is 9.96. The molecule has 2 heterocycles. The van der Waals surface area contributed by atoms with E-state index in [1.807, 2.05) is 52.0 Å². The van der Waals surface area contributed by atoms with E-state index in [-0.39, 0.29) is 17.3 Å². The third kappa shape index (κ3) is 3.44. The van der Waals surface area contributed by atoms with E-state index in [2.05, 4.69) is 16.4 Å². The number of nitrogens with two attached hydrogens (primary N) is 2. The highest BCUT2D eigenvalue weighted by Gasteiger charge is 2.25. The van der Waals surface area contributed by atoms with Gasteiger partial charge < -0.3 is 16.8 Å². The molecule has 0 unspecified atom stereocenters. The Hall–Kier alpha value is -3.11. The minimum absolute atomic E-state index is 0.129.